The van der Waals surface area contributed by atoms with Crippen molar-refractivity contribution in [2.75, 3.05) is 0 Å². The van der Waals surface area contributed by atoms with E-state index in [1.54, 1.807) is 20.8 Å². The molecule has 0 aliphatic heterocycles. The molecule has 1 aromatic heterocycles. The lowest BCUT2D eigenvalue weighted by Gasteiger charge is -2.15. The Morgan fingerprint density at radius 3 is 2.65 bits per heavy atom. The smallest absolute Gasteiger partial charge is 0.264 e. The van der Waals surface area contributed by atoms with Crippen LogP contribution >= 0.6 is 0 Å². The first-order valence-corrected chi connectivity index (χ1v) is 6.98. The number of nitrogens with one attached hydrogen (secondary N) is 2. The molecule has 0 spiro atoms. The summed E-state index contributed by atoms with van der Waals surface area (Å²) in [6, 6.07) is -0.204. The fraction of sp³-hybridized carbons (Fsp3) is 0.643. The van der Waals surface area contributed by atoms with Gasteiger partial charge in [-0.25, -0.2) is 4.98 Å². The highest BCUT2D eigenvalue weighted by atomic mass is 16.3. The Kier molecular flexibility index (Phi) is 4.23. The lowest BCUT2D eigenvalue weighted by atomic mass is 10.1. The number of hydrogen-bond donors (Lipinski definition) is 3. The van der Waals surface area contributed by atoms with Crippen molar-refractivity contribution in [2.24, 2.45) is 0 Å². The first-order chi connectivity index (χ1) is 9.38. The Bertz CT molecular complexity index is 561. The van der Waals surface area contributed by atoms with E-state index in [9.17, 15) is 14.7 Å². The standard InChI is InChI=1S/C14H21N3O3/c1-7(6-8(2)18)15-13(19)11-9(3)16-12(10-4-5-10)17-14(11)20/h7-8,10,18H,4-6H2,1-3H3,(H,15,19)(H,16,17,20). The van der Waals surface area contributed by atoms with E-state index >= 15 is 0 Å². The minimum atomic E-state index is -0.500. The van der Waals surface area contributed by atoms with Crippen molar-refractivity contribution in [1.29, 1.82) is 0 Å². The molecule has 110 valence electrons. The first-order valence-electron chi connectivity index (χ1n) is 6.98. The van der Waals surface area contributed by atoms with Gasteiger partial charge < -0.3 is 15.4 Å². The number of aliphatic hydroxyl groups is 1. The SMILES string of the molecule is Cc1nc(C2CC2)[nH]c(=O)c1C(=O)NC(C)CC(C)O. The van der Waals surface area contributed by atoms with E-state index < -0.39 is 12.0 Å². The zero-order valence-corrected chi connectivity index (χ0v) is 12.1. The van der Waals surface area contributed by atoms with E-state index in [1.807, 2.05) is 0 Å². The minimum absolute atomic E-state index is 0.0619. The number of carbonyl (C=O) groups excluding carboxylic acids is 1. The highest BCUT2D eigenvalue weighted by Gasteiger charge is 2.28. The van der Waals surface area contributed by atoms with Crippen LogP contribution in [0.5, 0.6) is 0 Å². The molecule has 2 atom stereocenters. The number of H-pyrrole nitrogens is 1. The zero-order chi connectivity index (χ0) is 14.9. The number of aryl methyl sites for hydroxylation is 1. The van der Waals surface area contributed by atoms with Crippen LogP contribution in [0.25, 0.3) is 0 Å². The van der Waals surface area contributed by atoms with Crippen LogP contribution in [0.1, 0.15) is 60.9 Å². The summed E-state index contributed by atoms with van der Waals surface area (Å²) >= 11 is 0. The quantitative estimate of drug-likeness (QED) is 0.744. The van der Waals surface area contributed by atoms with Crippen LogP contribution in [-0.4, -0.2) is 33.1 Å². The van der Waals surface area contributed by atoms with Crippen LogP contribution in [0.15, 0.2) is 4.79 Å². The van der Waals surface area contributed by atoms with Crippen molar-refractivity contribution in [3.63, 3.8) is 0 Å². The van der Waals surface area contributed by atoms with Crippen LogP contribution in [0, 0.1) is 6.92 Å². The number of nitrogens with zero attached hydrogens (tertiary/aromatic N) is 1. The molecule has 3 N–H and O–H groups in total. The molecule has 1 heterocycles. The van der Waals surface area contributed by atoms with Gasteiger partial charge in [0, 0.05) is 12.0 Å². The molecule has 0 radical (unpaired) electrons. The predicted molar refractivity (Wildman–Crippen MR) is 74.8 cm³/mol. The van der Waals surface area contributed by atoms with Crippen LogP contribution in [0.3, 0.4) is 0 Å². The maximum absolute atomic E-state index is 12.1. The second kappa shape index (κ2) is 5.75. The maximum Gasteiger partial charge on any atom is 0.264 e. The fourth-order valence-electron chi connectivity index (χ4n) is 2.29. The van der Waals surface area contributed by atoms with Crippen LogP contribution < -0.4 is 10.9 Å². The van der Waals surface area contributed by atoms with Gasteiger partial charge in [0.2, 0.25) is 0 Å². The summed E-state index contributed by atoms with van der Waals surface area (Å²) in [4.78, 5) is 31.2. The average Bonchev–Trinajstić information content (AvgIpc) is 3.09. The van der Waals surface area contributed by atoms with E-state index in [4.69, 9.17) is 0 Å². The van der Waals surface area contributed by atoms with Crippen LogP contribution in [0.4, 0.5) is 0 Å². The zero-order valence-electron chi connectivity index (χ0n) is 12.1. The van der Waals surface area contributed by atoms with E-state index in [0.29, 0.717) is 23.9 Å². The van der Waals surface area contributed by atoms with Gasteiger partial charge in [0.15, 0.2) is 0 Å². The van der Waals surface area contributed by atoms with Crippen molar-refractivity contribution in [2.45, 2.75) is 58.1 Å². The third kappa shape index (κ3) is 3.45. The molecule has 1 fully saturated rings. The van der Waals surface area contributed by atoms with Gasteiger partial charge in [-0.1, -0.05) is 0 Å². The third-order valence-electron chi connectivity index (χ3n) is 3.38. The van der Waals surface area contributed by atoms with Crippen molar-refractivity contribution in [1.82, 2.24) is 15.3 Å². The minimum Gasteiger partial charge on any atom is -0.393 e. The summed E-state index contributed by atoms with van der Waals surface area (Å²) in [5.74, 6) is 0.584. The number of hydrogen-bond acceptors (Lipinski definition) is 4. The number of amides is 1. The third-order valence-corrected chi connectivity index (χ3v) is 3.38. The van der Waals surface area contributed by atoms with Gasteiger partial charge in [-0.3, -0.25) is 9.59 Å². The fourth-order valence-corrected chi connectivity index (χ4v) is 2.29. The summed E-state index contributed by atoms with van der Waals surface area (Å²) in [6.45, 7) is 5.13. The highest BCUT2D eigenvalue weighted by molar-refractivity contribution is 5.94. The van der Waals surface area contributed by atoms with Gasteiger partial charge in [0.25, 0.3) is 11.5 Å². The molecular weight excluding hydrogens is 258 g/mol. The molecule has 1 aliphatic rings. The molecule has 2 rings (SSSR count). The Morgan fingerprint density at radius 1 is 1.50 bits per heavy atom. The van der Waals surface area contributed by atoms with Gasteiger partial charge in [0.05, 0.1) is 11.8 Å². The molecule has 0 aromatic carbocycles. The first kappa shape index (κ1) is 14.7. The molecule has 1 amide bonds. The molecule has 0 saturated heterocycles. The largest absolute Gasteiger partial charge is 0.393 e. The average molecular weight is 279 g/mol. The van der Waals surface area contributed by atoms with E-state index in [2.05, 4.69) is 15.3 Å². The number of carbonyl (C=O) groups is 1. The van der Waals surface area contributed by atoms with Gasteiger partial charge in [-0.05, 0) is 40.0 Å². The molecule has 6 heteroatoms. The van der Waals surface area contributed by atoms with Crippen molar-refractivity contribution in [3.05, 3.63) is 27.4 Å². The summed E-state index contributed by atoms with van der Waals surface area (Å²) in [5.41, 5.74) is 0.130. The summed E-state index contributed by atoms with van der Waals surface area (Å²) in [5, 5.41) is 12.0. The molecule has 1 saturated carbocycles. The summed E-state index contributed by atoms with van der Waals surface area (Å²) in [6.07, 6.45) is 2.02. The topological polar surface area (TPSA) is 95.1 Å². The molecular formula is C14H21N3O3. The van der Waals surface area contributed by atoms with Crippen molar-refractivity contribution >= 4 is 5.91 Å². The Balaban J connectivity index is 2.15. The predicted octanol–water partition coefficient (Wildman–Crippen LogP) is 0.845. The Labute approximate surface area is 117 Å². The van der Waals surface area contributed by atoms with Crippen LogP contribution in [0.2, 0.25) is 0 Å². The second-order valence-corrected chi connectivity index (χ2v) is 5.65. The number of rotatable bonds is 5. The van der Waals surface area contributed by atoms with Gasteiger partial charge in [-0.2, -0.15) is 0 Å². The molecule has 6 nitrogen and oxygen atoms in total. The lowest BCUT2D eigenvalue weighted by molar-refractivity contribution is 0.0920. The second-order valence-electron chi connectivity index (χ2n) is 5.65. The maximum atomic E-state index is 12.1. The lowest BCUT2D eigenvalue weighted by Crippen LogP contribution is -2.38. The molecule has 0 bridgehead atoms. The van der Waals surface area contributed by atoms with Gasteiger partial charge in [0.1, 0.15) is 11.4 Å². The monoisotopic (exact) mass is 279 g/mol. The molecule has 2 unspecified atom stereocenters. The molecule has 1 aromatic rings. The van der Waals surface area contributed by atoms with E-state index in [0.717, 1.165) is 12.8 Å². The molecule has 20 heavy (non-hydrogen) atoms. The molecule has 1 aliphatic carbocycles. The normalized spacial score (nSPS) is 17.6. The van der Waals surface area contributed by atoms with E-state index in [1.165, 1.54) is 0 Å². The summed E-state index contributed by atoms with van der Waals surface area (Å²) < 4.78 is 0. The van der Waals surface area contributed by atoms with Crippen molar-refractivity contribution in [3.8, 4) is 0 Å². The van der Waals surface area contributed by atoms with Gasteiger partial charge >= 0.3 is 0 Å². The summed E-state index contributed by atoms with van der Waals surface area (Å²) in [7, 11) is 0. The number of aromatic amines is 1. The number of aromatic nitrogens is 2. The van der Waals surface area contributed by atoms with Gasteiger partial charge in [-0.15, -0.1) is 0 Å². The van der Waals surface area contributed by atoms with Crippen molar-refractivity contribution < 1.29 is 9.90 Å². The number of aliphatic hydroxyl groups excluding tert-OH is 1. The Hall–Kier alpha value is -1.69. The van der Waals surface area contributed by atoms with E-state index in [-0.39, 0.29) is 17.2 Å². The highest BCUT2D eigenvalue weighted by Crippen LogP contribution is 2.37. The van der Waals surface area contributed by atoms with Crippen LogP contribution in [-0.2, 0) is 0 Å². The Morgan fingerprint density at radius 2 is 2.15 bits per heavy atom.